The Bertz CT molecular complexity index is 517. The second-order valence-corrected chi connectivity index (χ2v) is 6.52. The minimum absolute atomic E-state index is 0.0393. The fourth-order valence-electron chi connectivity index (χ4n) is 3.18. The van der Waals surface area contributed by atoms with Gasteiger partial charge in [-0.2, -0.15) is 0 Å². The number of hydrogen-bond acceptors (Lipinski definition) is 4. The molecule has 5 heteroatoms. The molecule has 2 aliphatic heterocycles. The fourth-order valence-corrected chi connectivity index (χ4v) is 3.37. The molecular weight excluding hydrogens is 292 g/mol. The highest BCUT2D eigenvalue weighted by Crippen LogP contribution is 2.37. The Hall–Kier alpha value is -0.650. The molecule has 116 valence electrons. The molecular formula is C16H21ClO4. The van der Waals surface area contributed by atoms with E-state index in [1.807, 2.05) is 32.0 Å². The van der Waals surface area contributed by atoms with Gasteiger partial charge in [0.1, 0.15) is 6.10 Å². The van der Waals surface area contributed by atoms with Gasteiger partial charge in [0, 0.05) is 11.4 Å². The van der Waals surface area contributed by atoms with Gasteiger partial charge in [0.2, 0.25) is 0 Å². The largest absolute Gasteiger partial charge is 0.394 e. The van der Waals surface area contributed by atoms with Crippen molar-refractivity contribution in [2.24, 2.45) is 0 Å². The standard InChI is InChI=1S/C16H21ClO4/c1-16(2)20-14(15(9-18)21-16)8-13-12-4-3-11(17)7-10(12)5-6-19-13/h3-4,7,13-15,18H,5-6,8-9H2,1-2H3. The van der Waals surface area contributed by atoms with Crippen molar-refractivity contribution < 1.29 is 19.3 Å². The molecule has 21 heavy (non-hydrogen) atoms. The van der Waals surface area contributed by atoms with E-state index in [4.69, 9.17) is 25.8 Å². The van der Waals surface area contributed by atoms with Gasteiger partial charge in [0.25, 0.3) is 0 Å². The highest BCUT2D eigenvalue weighted by Gasteiger charge is 2.42. The van der Waals surface area contributed by atoms with Crippen LogP contribution in [0.5, 0.6) is 0 Å². The first-order valence-electron chi connectivity index (χ1n) is 7.35. The predicted molar refractivity (Wildman–Crippen MR) is 79.4 cm³/mol. The average molecular weight is 313 g/mol. The number of fused-ring (bicyclic) bond motifs is 1. The van der Waals surface area contributed by atoms with Crippen LogP contribution in [0, 0.1) is 0 Å². The summed E-state index contributed by atoms with van der Waals surface area (Å²) in [5, 5.41) is 10.2. The second kappa shape index (κ2) is 5.86. The lowest BCUT2D eigenvalue weighted by Crippen LogP contribution is -2.30. The minimum Gasteiger partial charge on any atom is -0.394 e. The molecule has 1 aromatic carbocycles. The maximum Gasteiger partial charge on any atom is 0.163 e. The van der Waals surface area contributed by atoms with Crippen LogP contribution in [0.2, 0.25) is 5.02 Å². The molecule has 1 N–H and O–H groups in total. The highest BCUT2D eigenvalue weighted by atomic mass is 35.5. The molecule has 0 bridgehead atoms. The van der Waals surface area contributed by atoms with E-state index in [2.05, 4.69) is 0 Å². The summed E-state index contributed by atoms with van der Waals surface area (Å²) in [7, 11) is 0. The van der Waals surface area contributed by atoms with Crippen LogP contribution in [0.1, 0.15) is 37.5 Å². The van der Waals surface area contributed by atoms with Gasteiger partial charge < -0.3 is 19.3 Å². The third-order valence-corrected chi connectivity index (χ3v) is 4.29. The summed E-state index contributed by atoms with van der Waals surface area (Å²) in [6.07, 6.45) is 1.03. The van der Waals surface area contributed by atoms with Gasteiger partial charge in [-0.3, -0.25) is 0 Å². The SMILES string of the molecule is CC1(C)OC(CO)C(CC2OCCc3cc(Cl)ccc32)O1. The quantitative estimate of drug-likeness (QED) is 0.932. The molecule has 3 rings (SSSR count). The Kier molecular flexibility index (Phi) is 4.26. The van der Waals surface area contributed by atoms with E-state index in [0.29, 0.717) is 13.0 Å². The molecule has 2 heterocycles. The molecule has 1 saturated heterocycles. The number of aliphatic hydroxyl groups is 1. The zero-order chi connectivity index (χ0) is 15.0. The summed E-state index contributed by atoms with van der Waals surface area (Å²) in [6, 6.07) is 5.92. The third-order valence-electron chi connectivity index (χ3n) is 4.05. The van der Waals surface area contributed by atoms with E-state index >= 15 is 0 Å². The van der Waals surface area contributed by atoms with Crippen LogP contribution in [-0.4, -0.2) is 36.3 Å². The van der Waals surface area contributed by atoms with E-state index in [-0.39, 0.29) is 24.9 Å². The van der Waals surface area contributed by atoms with Crippen molar-refractivity contribution in [2.45, 2.75) is 50.8 Å². The molecule has 4 nitrogen and oxygen atoms in total. The normalized spacial score (nSPS) is 31.1. The molecule has 2 aliphatic rings. The molecule has 3 unspecified atom stereocenters. The molecule has 0 amide bonds. The van der Waals surface area contributed by atoms with Crippen molar-refractivity contribution in [3.8, 4) is 0 Å². The van der Waals surface area contributed by atoms with Crippen molar-refractivity contribution in [2.75, 3.05) is 13.2 Å². The van der Waals surface area contributed by atoms with Crippen LogP contribution in [0.3, 0.4) is 0 Å². The first-order valence-corrected chi connectivity index (χ1v) is 7.73. The zero-order valence-corrected chi connectivity index (χ0v) is 13.1. The van der Waals surface area contributed by atoms with Gasteiger partial charge in [-0.15, -0.1) is 0 Å². The van der Waals surface area contributed by atoms with E-state index < -0.39 is 5.79 Å². The second-order valence-electron chi connectivity index (χ2n) is 6.08. The van der Waals surface area contributed by atoms with E-state index in [9.17, 15) is 5.11 Å². The summed E-state index contributed by atoms with van der Waals surface area (Å²) >= 11 is 6.06. The van der Waals surface area contributed by atoms with Gasteiger partial charge >= 0.3 is 0 Å². The maximum absolute atomic E-state index is 9.47. The van der Waals surface area contributed by atoms with Gasteiger partial charge in [0.15, 0.2) is 5.79 Å². The van der Waals surface area contributed by atoms with Crippen LogP contribution in [0.15, 0.2) is 18.2 Å². The van der Waals surface area contributed by atoms with E-state index in [1.165, 1.54) is 5.56 Å². The van der Waals surface area contributed by atoms with Crippen molar-refractivity contribution in [1.82, 2.24) is 0 Å². The summed E-state index contributed by atoms with van der Waals surface area (Å²) in [5.74, 6) is -0.657. The van der Waals surface area contributed by atoms with Crippen LogP contribution in [0.25, 0.3) is 0 Å². The third kappa shape index (κ3) is 3.25. The minimum atomic E-state index is -0.657. The Morgan fingerprint density at radius 2 is 2.05 bits per heavy atom. The summed E-state index contributed by atoms with van der Waals surface area (Å²) < 4.78 is 17.5. The molecule has 0 spiro atoms. The van der Waals surface area contributed by atoms with Crippen molar-refractivity contribution >= 4 is 11.6 Å². The summed E-state index contributed by atoms with van der Waals surface area (Å²) in [6.45, 7) is 4.36. The molecule has 0 aliphatic carbocycles. The number of hydrogen-bond donors (Lipinski definition) is 1. The van der Waals surface area contributed by atoms with E-state index in [1.54, 1.807) is 0 Å². The average Bonchev–Trinajstić information content (AvgIpc) is 2.73. The number of rotatable bonds is 3. The topological polar surface area (TPSA) is 47.9 Å². The first-order chi connectivity index (χ1) is 9.98. The lowest BCUT2D eigenvalue weighted by Gasteiger charge is -2.29. The summed E-state index contributed by atoms with van der Waals surface area (Å²) in [5.41, 5.74) is 2.40. The van der Waals surface area contributed by atoms with Gasteiger partial charge in [-0.1, -0.05) is 17.7 Å². The Balaban J connectivity index is 1.77. The van der Waals surface area contributed by atoms with Crippen LogP contribution in [0.4, 0.5) is 0 Å². The zero-order valence-electron chi connectivity index (χ0n) is 12.3. The first kappa shape index (κ1) is 15.3. The highest BCUT2D eigenvalue weighted by molar-refractivity contribution is 6.30. The van der Waals surface area contributed by atoms with Gasteiger partial charge in [-0.25, -0.2) is 0 Å². The van der Waals surface area contributed by atoms with Gasteiger partial charge in [0.05, 0.1) is 25.4 Å². The maximum atomic E-state index is 9.47. The molecule has 0 aromatic heterocycles. The number of ether oxygens (including phenoxy) is 3. The Morgan fingerprint density at radius 1 is 1.29 bits per heavy atom. The Morgan fingerprint density at radius 3 is 2.81 bits per heavy atom. The van der Waals surface area contributed by atoms with Gasteiger partial charge in [-0.05, 0) is 43.5 Å². The van der Waals surface area contributed by atoms with Crippen molar-refractivity contribution in [3.05, 3.63) is 34.3 Å². The molecule has 3 atom stereocenters. The number of aliphatic hydroxyl groups excluding tert-OH is 1. The smallest absolute Gasteiger partial charge is 0.163 e. The van der Waals surface area contributed by atoms with E-state index in [0.717, 1.165) is 17.0 Å². The molecule has 0 saturated carbocycles. The van der Waals surface area contributed by atoms with Crippen LogP contribution < -0.4 is 0 Å². The van der Waals surface area contributed by atoms with Crippen molar-refractivity contribution in [1.29, 1.82) is 0 Å². The summed E-state index contributed by atoms with van der Waals surface area (Å²) in [4.78, 5) is 0. The lowest BCUT2D eigenvalue weighted by atomic mass is 9.93. The monoisotopic (exact) mass is 312 g/mol. The number of benzene rings is 1. The van der Waals surface area contributed by atoms with Crippen LogP contribution >= 0.6 is 11.6 Å². The molecule has 1 fully saturated rings. The predicted octanol–water partition coefficient (Wildman–Crippen LogP) is 2.86. The fraction of sp³-hybridized carbons (Fsp3) is 0.625. The Labute approximate surface area is 130 Å². The van der Waals surface area contributed by atoms with Crippen LogP contribution in [-0.2, 0) is 20.6 Å². The lowest BCUT2D eigenvalue weighted by molar-refractivity contribution is -0.151. The molecule has 0 radical (unpaired) electrons. The molecule has 1 aromatic rings. The van der Waals surface area contributed by atoms with Crippen molar-refractivity contribution in [3.63, 3.8) is 0 Å². The number of halogens is 1.